The molecule has 0 bridgehead atoms. The monoisotopic (exact) mass is 260 g/mol. The van der Waals surface area contributed by atoms with Gasteiger partial charge in [-0.3, -0.25) is 4.79 Å². The Morgan fingerprint density at radius 2 is 1.79 bits per heavy atom. The Labute approximate surface area is 109 Å². The summed E-state index contributed by atoms with van der Waals surface area (Å²) in [4.78, 5) is 22.5. The molecule has 6 heteroatoms. The van der Waals surface area contributed by atoms with Gasteiger partial charge in [-0.05, 0) is 37.1 Å². The first kappa shape index (κ1) is 12.8. The van der Waals surface area contributed by atoms with Crippen LogP contribution in [0.3, 0.4) is 0 Å². The fourth-order valence-electron chi connectivity index (χ4n) is 1.72. The molecule has 1 amide bonds. The van der Waals surface area contributed by atoms with E-state index >= 15 is 0 Å². The molecular weight excluding hydrogens is 248 g/mol. The van der Waals surface area contributed by atoms with Crippen LogP contribution in [0.15, 0.2) is 28.8 Å². The van der Waals surface area contributed by atoms with Crippen LogP contribution in [-0.2, 0) is 0 Å². The van der Waals surface area contributed by atoms with Crippen molar-refractivity contribution in [2.24, 2.45) is 0 Å². The van der Waals surface area contributed by atoms with E-state index in [-0.39, 0.29) is 11.5 Å². The maximum atomic E-state index is 11.8. The van der Waals surface area contributed by atoms with E-state index in [0.29, 0.717) is 5.69 Å². The zero-order chi connectivity index (χ0) is 14.0. The lowest BCUT2D eigenvalue weighted by Gasteiger charge is -2.05. The summed E-state index contributed by atoms with van der Waals surface area (Å²) < 4.78 is 4.52. The summed E-state index contributed by atoms with van der Waals surface area (Å²) in [5.41, 5.74) is 2.59. The molecule has 0 spiro atoms. The number of carboxylic acids is 1. The molecule has 2 N–H and O–H groups in total. The Morgan fingerprint density at radius 3 is 2.32 bits per heavy atom. The van der Waals surface area contributed by atoms with Crippen molar-refractivity contribution in [1.29, 1.82) is 0 Å². The van der Waals surface area contributed by atoms with Crippen molar-refractivity contribution in [2.45, 2.75) is 13.8 Å². The molecule has 1 heterocycles. The molecule has 0 saturated heterocycles. The number of benzene rings is 1. The topological polar surface area (TPSA) is 92.4 Å². The van der Waals surface area contributed by atoms with Crippen molar-refractivity contribution >= 4 is 17.6 Å². The number of aromatic nitrogens is 1. The van der Waals surface area contributed by atoms with E-state index in [1.807, 2.05) is 32.0 Å². The highest BCUT2D eigenvalue weighted by Crippen LogP contribution is 2.15. The fourth-order valence-corrected chi connectivity index (χ4v) is 1.72. The predicted molar refractivity (Wildman–Crippen MR) is 67.3 cm³/mol. The summed E-state index contributed by atoms with van der Waals surface area (Å²) >= 11 is 0. The van der Waals surface area contributed by atoms with Gasteiger partial charge >= 0.3 is 5.97 Å². The number of rotatable bonds is 3. The number of aryl methyl sites for hydroxylation is 2. The van der Waals surface area contributed by atoms with Crippen LogP contribution in [0.1, 0.15) is 32.2 Å². The standard InChI is InChI=1S/C13H12N2O4/c1-7-3-8(2)5-9(4-7)14-12(16)10-6-11(13(17)18)19-15-10/h3-6H,1-2H3,(H,14,16)(H,17,18). The second kappa shape index (κ2) is 4.93. The molecule has 0 atom stereocenters. The van der Waals surface area contributed by atoms with E-state index in [9.17, 15) is 9.59 Å². The zero-order valence-electron chi connectivity index (χ0n) is 10.4. The van der Waals surface area contributed by atoms with Crippen LogP contribution >= 0.6 is 0 Å². The van der Waals surface area contributed by atoms with Crippen molar-refractivity contribution < 1.29 is 19.2 Å². The van der Waals surface area contributed by atoms with E-state index in [2.05, 4.69) is 15.0 Å². The first-order valence-corrected chi connectivity index (χ1v) is 5.55. The minimum absolute atomic E-state index is 0.0726. The van der Waals surface area contributed by atoms with Crippen LogP contribution in [0.5, 0.6) is 0 Å². The molecule has 1 aromatic carbocycles. The van der Waals surface area contributed by atoms with Gasteiger partial charge in [-0.2, -0.15) is 0 Å². The van der Waals surface area contributed by atoms with Gasteiger partial charge in [0.15, 0.2) is 5.69 Å². The van der Waals surface area contributed by atoms with E-state index in [0.717, 1.165) is 17.2 Å². The molecule has 0 radical (unpaired) electrons. The lowest BCUT2D eigenvalue weighted by molar-refractivity contribution is 0.0651. The van der Waals surface area contributed by atoms with Crippen molar-refractivity contribution in [3.05, 3.63) is 46.8 Å². The van der Waals surface area contributed by atoms with Crippen LogP contribution in [0.2, 0.25) is 0 Å². The Hall–Kier alpha value is -2.63. The Morgan fingerprint density at radius 1 is 1.16 bits per heavy atom. The molecular formula is C13H12N2O4. The molecule has 0 unspecified atom stereocenters. The molecule has 0 fully saturated rings. The quantitative estimate of drug-likeness (QED) is 0.882. The SMILES string of the molecule is Cc1cc(C)cc(NC(=O)c2cc(C(=O)O)on2)c1. The average Bonchev–Trinajstić information content (AvgIpc) is 2.76. The molecule has 0 aliphatic rings. The highest BCUT2D eigenvalue weighted by Gasteiger charge is 2.16. The zero-order valence-corrected chi connectivity index (χ0v) is 10.4. The molecule has 19 heavy (non-hydrogen) atoms. The number of hydrogen-bond acceptors (Lipinski definition) is 4. The second-order valence-electron chi connectivity index (χ2n) is 4.21. The summed E-state index contributed by atoms with van der Waals surface area (Å²) in [5, 5.41) is 14.7. The van der Waals surface area contributed by atoms with Gasteiger partial charge in [-0.25, -0.2) is 4.79 Å². The minimum atomic E-state index is -1.27. The normalized spacial score (nSPS) is 10.2. The third-order valence-corrected chi connectivity index (χ3v) is 2.43. The third-order valence-electron chi connectivity index (χ3n) is 2.43. The molecule has 0 aliphatic carbocycles. The lowest BCUT2D eigenvalue weighted by Crippen LogP contribution is -2.12. The van der Waals surface area contributed by atoms with Gasteiger partial charge in [-0.1, -0.05) is 11.2 Å². The van der Waals surface area contributed by atoms with Gasteiger partial charge < -0.3 is 14.9 Å². The van der Waals surface area contributed by atoms with E-state index in [1.165, 1.54) is 0 Å². The molecule has 2 rings (SSSR count). The first-order valence-electron chi connectivity index (χ1n) is 5.55. The number of hydrogen-bond donors (Lipinski definition) is 2. The number of nitrogens with one attached hydrogen (secondary N) is 1. The number of carbonyl (C=O) groups excluding carboxylic acids is 1. The van der Waals surface area contributed by atoms with Crippen molar-refractivity contribution in [3.63, 3.8) is 0 Å². The fraction of sp³-hybridized carbons (Fsp3) is 0.154. The summed E-state index contributed by atoms with van der Waals surface area (Å²) in [7, 11) is 0. The Balaban J connectivity index is 2.18. The van der Waals surface area contributed by atoms with Crippen LogP contribution in [0.25, 0.3) is 0 Å². The molecule has 1 aromatic heterocycles. The molecule has 6 nitrogen and oxygen atoms in total. The van der Waals surface area contributed by atoms with Gasteiger partial charge in [0.1, 0.15) is 0 Å². The predicted octanol–water partition coefficient (Wildman–Crippen LogP) is 2.24. The van der Waals surface area contributed by atoms with Crippen molar-refractivity contribution in [2.75, 3.05) is 5.32 Å². The third kappa shape index (κ3) is 2.98. The van der Waals surface area contributed by atoms with E-state index < -0.39 is 11.9 Å². The Kier molecular flexibility index (Phi) is 3.33. The lowest BCUT2D eigenvalue weighted by atomic mass is 10.1. The van der Waals surface area contributed by atoms with Gasteiger partial charge in [0.05, 0.1) is 0 Å². The van der Waals surface area contributed by atoms with Crippen LogP contribution in [0, 0.1) is 13.8 Å². The number of carbonyl (C=O) groups is 2. The van der Waals surface area contributed by atoms with Crippen molar-refractivity contribution in [3.8, 4) is 0 Å². The number of carboxylic acid groups (broad SMARTS) is 1. The highest BCUT2D eigenvalue weighted by atomic mass is 16.5. The van der Waals surface area contributed by atoms with E-state index in [1.54, 1.807) is 0 Å². The van der Waals surface area contributed by atoms with Gasteiger partial charge in [0, 0.05) is 11.8 Å². The number of anilines is 1. The smallest absolute Gasteiger partial charge is 0.374 e. The summed E-state index contributed by atoms with van der Waals surface area (Å²) in [6, 6.07) is 6.68. The summed E-state index contributed by atoms with van der Waals surface area (Å²) in [6.07, 6.45) is 0. The van der Waals surface area contributed by atoms with Crippen LogP contribution in [-0.4, -0.2) is 22.1 Å². The maximum Gasteiger partial charge on any atom is 0.374 e. The van der Waals surface area contributed by atoms with Gasteiger partial charge in [0.25, 0.3) is 5.91 Å². The van der Waals surface area contributed by atoms with Crippen molar-refractivity contribution in [1.82, 2.24) is 5.16 Å². The van der Waals surface area contributed by atoms with E-state index in [4.69, 9.17) is 5.11 Å². The number of aromatic carboxylic acids is 1. The molecule has 2 aromatic rings. The molecule has 0 aliphatic heterocycles. The number of amides is 1. The van der Waals surface area contributed by atoms with Crippen LogP contribution < -0.4 is 5.32 Å². The first-order chi connectivity index (χ1) is 8.95. The number of nitrogens with zero attached hydrogens (tertiary/aromatic N) is 1. The Bertz CT molecular complexity index is 626. The van der Waals surface area contributed by atoms with Gasteiger partial charge in [-0.15, -0.1) is 0 Å². The van der Waals surface area contributed by atoms with Crippen LogP contribution in [0.4, 0.5) is 5.69 Å². The summed E-state index contributed by atoms with van der Waals surface area (Å²) in [6.45, 7) is 3.84. The minimum Gasteiger partial charge on any atom is -0.475 e. The van der Waals surface area contributed by atoms with Gasteiger partial charge in [0.2, 0.25) is 5.76 Å². The molecule has 98 valence electrons. The largest absolute Gasteiger partial charge is 0.475 e. The summed E-state index contributed by atoms with van der Waals surface area (Å²) in [5.74, 6) is -2.15. The average molecular weight is 260 g/mol. The maximum absolute atomic E-state index is 11.8. The second-order valence-corrected chi connectivity index (χ2v) is 4.21. The molecule has 0 saturated carbocycles. The highest BCUT2D eigenvalue weighted by molar-refractivity contribution is 6.03.